The van der Waals surface area contributed by atoms with Gasteiger partial charge < -0.3 is 9.31 Å². The van der Waals surface area contributed by atoms with Crippen LogP contribution in [-0.4, -0.2) is 19.3 Å². The molecule has 0 radical (unpaired) electrons. The van der Waals surface area contributed by atoms with E-state index < -0.39 is 0 Å². The van der Waals surface area contributed by atoms with E-state index in [9.17, 15) is 0 Å². The molecule has 1 aliphatic heterocycles. The molecule has 1 saturated heterocycles. The first-order valence-corrected chi connectivity index (χ1v) is 8.37. The fraction of sp³-hybridized carbons (Fsp3) is 0.667. The number of hydrogen-bond acceptors (Lipinski definition) is 2. The Balaban J connectivity index is 1.52. The predicted octanol–water partition coefficient (Wildman–Crippen LogP) is 3.36. The van der Waals surface area contributed by atoms with E-state index in [1.807, 2.05) is 0 Å². The van der Waals surface area contributed by atoms with Crippen molar-refractivity contribution in [1.29, 1.82) is 0 Å². The van der Waals surface area contributed by atoms with Crippen LogP contribution in [0.25, 0.3) is 0 Å². The normalized spacial score (nSPS) is 36.5. The van der Waals surface area contributed by atoms with Crippen molar-refractivity contribution in [3.05, 3.63) is 29.8 Å². The van der Waals surface area contributed by atoms with Gasteiger partial charge in [-0.3, -0.25) is 0 Å². The summed E-state index contributed by atoms with van der Waals surface area (Å²) in [5, 5.41) is 0. The molecule has 4 atom stereocenters. The zero-order valence-electron chi connectivity index (χ0n) is 13.5. The van der Waals surface area contributed by atoms with Crippen molar-refractivity contribution in [1.82, 2.24) is 0 Å². The second-order valence-electron chi connectivity index (χ2n) is 8.02. The Morgan fingerprint density at radius 3 is 2.43 bits per heavy atom. The van der Waals surface area contributed by atoms with Crippen molar-refractivity contribution in [2.24, 2.45) is 17.3 Å². The maximum Gasteiger partial charge on any atom is 0.494 e. The van der Waals surface area contributed by atoms with Crippen molar-refractivity contribution in [3.63, 3.8) is 0 Å². The van der Waals surface area contributed by atoms with Gasteiger partial charge in [-0.2, -0.15) is 0 Å². The van der Waals surface area contributed by atoms with E-state index in [2.05, 4.69) is 52.0 Å². The highest BCUT2D eigenvalue weighted by molar-refractivity contribution is 6.61. The summed E-state index contributed by atoms with van der Waals surface area (Å²) >= 11 is 0. The van der Waals surface area contributed by atoms with Gasteiger partial charge in [-0.25, -0.2) is 0 Å². The van der Waals surface area contributed by atoms with Gasteiger partial charge in [-0.05, 0) is 47.0 Å². The molecule has 2 nitrogen and oxygen atoms in total. The molecule has 0 N–H and O–H groups in total. The highest BCUT2D eigenvalue weighted by Crippen LogP contribution is 2.61. The molecule has 1 aromatic carbocycles. The molecule has 1 aromatic rings. The average Bonchev–Trinajstić information content (AvgIpc) is 2.90. The SMILES string of the molecule is CC(C)c1ccc(B2OC3C[C@@H]4CC(C3O2)C4(C)C)cc1. The Morgan fingerprint density at radius 1 is 1.10 bits per heavy atom. The first kappa shape index (κ1) is 13.8. The minimum Gasteiger partial charge on any atom is -0.402 e. The van der Waals surface area contributed by atoms with E-state index in [0.717, 1.165) is 5.92 Å². The smallest absolute Gasteiger partial charge is 0.402 e. The van der Waals surface area contributed by atoms with Gasteiger partial charge in [0, 0.05) is 0 Å². The van der Waals surface area contributed by atoms with Crippen LogP contribution in [0.2, 0.25) is 0 Å². The molecule has 1 heterocycles. The summed E-state index contributed by atoms with van der Waals surface area (Å²) in [7, 11) is -0.156. The van der Waals surface area contributed by atoms with Gasteiger partial charge in [0.1, 0.15) is 0 Å². The van der Waals surface area contributed by atoms with E-state index in [4.69, 9.17) is 9.31 Å². The molecule has 4 fully saturated rings. The Hall–Kier alpha value is -0.795. The van der Waals surface area contributed by atoms with Gasteiger partial charge >= 0.3 is 7.12 Å². The summed E-state index contributed by atoms with van der Waals surface area (Å²) in [6.45, 7) is 9.25. The van der Waals surface area contributed by atoms with Crippen molar-refractivity contribution < 1.29 is 9.31 Å². The molecule has 3 aliphatic carbocycles. The first-order chi connectivity index (χ1) is 9.96. The molecule has 4 aliphatic rings. The van der Waals surface area contributed by atoms with Gasteiger partial charge in [0.2, 0.25) is 0 Å². The molecule has 0 amide bonds. The number of rotatable bonds is 2. The molecule has 0 aromatic heterocycles. The Kier molecular flexibility index (Phi) is 3.03. The summed E-state index contributed by atoms with van der Waals surface area (Å²) in [6.07, 6.45) is 3.13. The van der Waals surface area contributed by atoms with Gasteiger partial charge in [-0.1, -0.05) is 52.0 Å². The van der Waals surface area contributed by atoms with Crippen LogP contribution in [0.4, 0.5) is 0 Å². The molecule has 3 saturated carbocycles. The minimum absolute atomic E-state index is 0.156. The largest absolute Gasteiger partial charge is 0.494 e. The lowest BCUT2D eigenvalue weighted by molar-refractivity contribution is -0.150. The topological polar surface area (TPSA) is 18.5 Å². The summed E-state index contributed by atoms with van der Waals surface area (Å²) in [4.78, 5) is 0. The van der Waals surface area contributed by atoms with Crippen molar-refractivity contribution in [2.45, 2.75) is 58.7 Å². The van der Waals surface area contributed by atoms with Crippen LogP contribution in [-0.2, 0) is 9.31 Å². The van der Waals surface area contributed by atoms with Crippen molar-refractivity contribution in [2.75, 3.05) is 0 Å². The van der Waals surface area contributed by atoms with E-state index in [0.29, 0.717) is 29.5 Å². The van der Waals surface area contributed by atoms with Crippen LogP contribution < -0.4 is 5.46 Å². The Morgan fingerprint density at radius 2 is 1.81 bits per heavy atom. The third-order valence-electron chi connectivity index (χ3n) is 6.28. The quantitative estimate of drug-likeness (QED) is 0.775. The van der Waals surface area contributed by atoms with E-state index in [1.54, 1.807) is 0 Å². The standard InChI is InChI=1S/C18H25BO2/c1-11(2)12-5-7-14(8-6-12)19-20-16-10-13-9-15(17(16)21-19)18(13,3)4/h5-8,11,13,15-17H,9-10H2,1-4H3/t13-,15?,16?,17?/m0/s1. The maximum absolute atomic E-state index is 6.32. The highest BCUT2D eigenvalue weighted by atomic mass is 16.7. The zero-order chi connectivity index (χ0) is 14.8. The van der Waals surface area contributed by atoms with E-state index in [1.165, 1.54) is 23.9 Å². The second kappa shape index (κ2) is 4.60. The number of hydrogen-bond donors (Lipinski definition) is 0. The van der Waals surface area contributed by atoms with Crippen LogP contribution >= 0.6 is 0 Å². The predicted molar refractivity (Wildman–Crippen MR) is 85.7 cm³/mol. The number of benzene rings is 1. The molecule has 3 unspecified atom stereocenters. The molecule has 0 spiro atoms. The zero-order valence-corrected chi connectivity index (χ0v) is 13.5. The van der Waals surface area contributed by atoms with Crippen molar-refractivity contribution in [3.8, 4) is 0 Å². The average molecular weight is 284 g/mol. The lowest BCUT2D eigenvalue weighted by Gasteiger charge is -2.60. The Labute approximate surface area is 128 Å². The van der Waals surface area contributed by atoms with Crippen LogP contribution in [0.3, 0.4) is 0 Å². The van der Waals surface area contributed by atoms with E-state index in [-0.39, 0.29) is 7.12 Å². The van der Waals surface area contributed by atoms with Crippen LogP contribution in [0, 0.1) is 17.3 Å². The molecular weight excluding hydrogens is 259 g/mol. The summed E-state index contributed by atoms with van der Waals surface area (Å²) < 4.78 is 12.5. The molecule has 21 heavy (non-hydrogen) atoms. The fourth-order valence-electron chi connectivity index (χ4n) is 4.53. The molecule has 2 bridgehead atoms. The summed E-state index contributed by atoms with van der Waals surface area (Å²) in [5.41, 5.74) is 2.99. The Bertz CT molecular complexity index is 537. The molecular formula is C18H25BO2. The lowest BCUT2D eigenvalue weighted by Crippen LogP contribution is -2.59. The lowest BCUT2D eigenvalue weighted by atomic mass is 9.47. The van der Waals surface area contributed by atoms with Crippen LogP contribution in [0.1, 0.15) is 52.0 Å². The third kappa shape index (κ3) is 2.01. The van der Waals surface area contributed by atoms with Crippen LogP contribution in [0.5, 0.6) is 0 Å². The third-order valence-corrected chi connectivity index (χ3v) is 6.28. The summed E-state index contributed by atoms with van der Waals surface area (Å²) in [6, 6.07) is 8.76. The monoisotopic (exact) mass is 284 g/mol. The van der Waals surface area contributed by atoms with Gasteiger partial charge in [0.05, 0.1) is 12.2 Å². The van der Waals surface area contributed by atoms with Crippen molar-refractivity contribution >= 4 is 12.6 Å². The second-order valence-corrected chi connectivity index (χ2v) is 8.02. The maximum atomic E-state index is 6.32. The highest BCUT2D eigenvalue weighted by Gasteiger charge is 2.62. The fourth-order valence-corrected chi connectivity index (χ4v) is 4.53. The van der Waals surface area contributed by atoms with Crippen LogP contribution in [0.15, 0.2) is 24.3 Å². The van der Waals surface area contributed by atoms with Gasteiger partial charge in [0.25, 0.3) is 0 Å². The molecule has 5 rings (SSSR count). The van der Waals surface area contributed by atoms with Gasteiger partial charge in [0.15, 0.2) is 0 Å². The van der Waals surface area contributed by atoms with E-state index >= 15 is 0 Å². The minimum atomic E-state index is -0.156. The first-order valence-electron chi connectivity index (χ1n) is 8.37. The van der Waals surface area contributed by atoms with Gasteiger partial charge in [-0.15, -0.1) is 0 Å². The summed E-state index contributed by atoms with van der Waals surface area (Å²) in [5.74, 6) is 2.08. The molecule has 112 valence electrons. The molecule has 3 heteroatoms.